The van der Waals surface area contributed by atoms with E-state index in [9.17, 15) is 19.7 Å². The zero-order chi connectivity index (χ0) is 17.7. The summed E-state index contributed by atoms with van der Waals surface area (Å²) >= 11 is 3.25. The van der Waals surface area contributed by atoms with E-state index in [1.54, 1.807) is 31.2 Å². The van der Waals surface area contributed by atoms with E-state index in [2.05, 4.69) is 21.2 Å². The zero-order valence-corrected chi connectivity index (χ0v) is 14.2. The Morgan fingerprint density at radius 1 is 1.21 bits per heavy atom. The number of nitro groups is 1. The minimum Gasteiger partial charge on any atom is -0.452 e. The maximum Gasteiger partial charge on any atom is 0.338 e. The molecule has 0 spiro atoms. The van der Waals surface area contributed by atoms with Crippen molar-refractivity contribution in [1.29, 1.82) is 0 Å². The van der Waals surface area contributed by atoms with Gasteiger partial charge in [0.05, 0.1) is 16.2 Å². The van der Waals surface area contributed by atoms with Crippen molar-refractivity contribution in [2.24, 2.45) is 0 Å². The number of hydrogen-bond acceptors (Lipinski definition) is 5. The van der Waals surface area contributed by atoms with E-state index in [1.807, 2.05) is 0 Å². The molecule has 0 atom stereocenters. The molecule has 1 N–H and O–H groups in total. The number of nitro benzene ring substituents is 1. The lowest BCUT2D eigenvalue weighted by molar-refractivity contribution is -0.384. The number of nitrogens with one attached hydrogen (secondary N) is 1. The molecule has 0 bridgehead atoms. The van der Waals surface area contributed by atoms with Crippen LogP contribution in [0.15, 0.2) is 46.9 Å². The molecule has 0 saturated carbocycles. The first kappa shape index (κ1) is 17.6. The van der Waals surface area contributed by atoms with Gasteiger partial charge in [-0.15, -0.1) is 0 Å². The van der Waals surface area contributed by atoms with Crippen molar-refractivity contribution in [2.45, 2.75) is 6.92 Å². The van der Waals surface area contributed by atoms with Crippen LogP contribution >= 0.6 is 15.9 Å². The lowest BCUT2D eigenvalue weighted by Crippen LogP contribution is -2.21. The number of carbonyl (C=O) groups is 2. The lowest BCUT2D eigenvalue weighted by atomic mass is 10.2. The van der Waals surface area contributed by atoms with E-state index in [0.29, 0.717) is 16.8 Å². The van der Waals surface area contributed by atoms with Gasteiger partial charge in [-0.1, -0.05) is 22.0 Å². The van der Waals surface area contributed by atoms with Crippen molar-refractivity contribution < 1.29 is 19.2 Å². The van der Waals surface area contributed by atoms with Crippen molar-refractivity contribution >= 4 is 39.2 Å². The Balaban J connectivity index is 1.96. The third-order valence-electron chi connectivity index (χ3n) is 3.12. The molecular weight excluding hydrogens is 380 g/mol. The Hall–Kier alpha value is -2.74. The van der Waals surface area contributed by atoms with E-state index in [4.69, 9.17) is 4.74 Å². The topological polar surface area (TPSA) is 98.5 Å². The van der Waals surface area contributed by atoms with Gasteiger partial charge in [0.15, 0.2) is 6.61 Å². The summed E-state index contributed by atoms with van der Waals surface area (Å²) in [4.78, 5) is 33.9. The summed E-state index contributed by atoms with van der Waals surface area (Å²) in [5.74, 6) is -1.21. The fraction of sp³-hybridized carbons (Fsp3) is 0.125. The Morgan fingerprint density at radius 3 is 2.50 bits per heavy atom. The first-order valence-corrected chi connectivity index (χ1v) is 7.63. The molecule has 0 radical (unpaired) electrons. The average molecular weight is 393 g/mol. The number of benzene rings is 2. The molecule has 2 aromatic rings. The Labute approximate surface area is 145 Å². The molecule has 0 saturated heterocycles. The van der Waals surface area contributed by atoms with Crippen LogP contribution in [0.2, 0.25) is 0 Å². The maximum atomic E-state index is 11.9. The third-order valence-corrected chi connectivity index (χ3v) is 3.65. The zero-order valence-electron chi connectivity index (χ0n) is 12.6. The van der Waals surface area contributed by atoms with Gasteiger partial charge in [0.25, 0.3) is 11.6 Å². The number of hydrogen-bond donors (Lipinski definition) is 1. The summed E-state index contributed by atoms with van der Waals surface area (Å²) in [6.07, 6.45) is 0. The molecule has 8 heteroatoms. The minimum absolute atomic E-state index is 0.136. The highest BCUT2D eigenvalue weighted by molar-refractivity contribution is 9.10. The number of anilines is 1. The Bertz CT molecular complexity index is 790. The summed E-state index contributed by atoms with van der Waals surface area (Å²) < 4.78 is 5.74. The number of ether oxygens (including phenoxy) is 1. The second-order valence-corrected chi connectivity index (χ2v) is 5.80. The van der Waals surface area contributed by atoms with E-state index >= 15 is 0 Å². The van der Waals surface area contributed by atoms with Crippen LogP contribution in [0.25, 0.3) is 0 Å². The third kappa shape index (κ3) is 4.63. The smallest absolute Gasteiger partial charge is 0.338 e. The number of halogens is 1. The first-order valence-electron chi connectivity index (χ1n) is 6.84. The first-order chi connectivity index (χ1) is 11.4. The maximum absolute atomic E-state index is 11.9. The minimum atomic E-state index is -0.631. The SMILES string of the molecule is Cc1ccc([N+](=O)[O-])cc1NC(=O)COC(=O)c1ccc(Br)cc1. The second kappa shape index (κ2) is 7.69. The predicted octanol–water partition coefficient (Wildman–Crippen LogP) is 3.46. The van der Waals surface area contributed by atoms with Crippen molar-refractivity contribution in [3.8, 4) is 0 Å². The summed E-state index contributed by atoms with van der Waals surface area (Å²) in [5.41, 5.74) is 1.14. The van der Waals surface area contributed by atoms with Crippen LogP contribution in [0.5, 0.6) is 0 Å². The molecular formula is C16H13BrN2O5. The van der Waals surface area contributed by atoms with Gasteiger partial charge in [0.1, 0.15) is 0 Å². The Kier molecular flexibility index (Phi) is 5.64. The van der Waals surface area contributed by atoms with Gasteiger partial charge in [0.2, 0.25) is 0 Å². The normalized spacial score (nSPS) is 10.1. The molecule has 0 aliphatic rings. The van der Waals surface area contributed by atoms with Gasteiger partial charge < -0.3 is 10.1 Å². The fourth-order valence-electron chi connectivity index (χ4n) is 1.84. The summed E-state index contributed by atoms with van der Waals surface area (Å²) in [5, 5.41) is 13.3. The number of rotatable bonds is 5. The highest BCUT2D eigenvalue weighted by Crippen LogP contribution is 2.21. The molecule has 124 valence electrons. The standard InChI is InChI=1S/C16H13BrN2O5/c1-10-2-7-13(19(22)23)8-14(10)18-15(20)9-24-16(21)11-3-5-12(17)6-4-11/h2-8H,9H2,1H3,(H,18,20). The van der Waals surface area contributed by atoms with Crippen LogP contribution < -0.4 is 5.32 Å². The number of carbonyl (C=O) groups excluding carboxylic acids is 2. The molecule has 24 heavy (non-hydrogen) atoms. The number of non-ortho nitro benzene ring substituents is 1. The van der Waals surface area contributed by atoms with Crippen LogP contribution in [0, 0.1) is 17.0 Å². The highest BCUT2D eigenvalue weighted by Gasteiger charge is 2.13. The van der Waals surface area contributed by atoms with Crippen LogP contribution in [0.3, 0.4) is 0 Å². The Morgan fingerprint density at radius 2 is 1.88 bits per heavy atom. The molecule has 2 aromatic carbocycles. The molecule has 0 fully saturated rings. The van der Waals surface area contributed by atoms with Crippen LogP contribution in [-0.2, 0) is 9.53 Å². The lowest BCUT2D eigenvalue weighted by Gasteiger charge is -2.09. The van der Waals surface area contributed by atoms with E-state index < -0.39 is 23.4 Å². The molecule has 0 aliphatic heterocycles. The van der Waals surface area contributed by atoms with Crippen LogP contribution in [0.1, 0.15) is 15.9 Å². The van der Waals surface area contributed by atoms with Crippen molar-refractivity contribution in [3.05, 3.63) is 68.2 Å². The summed E-state index contributed by atoms with van der Waals surface area (Å²) in [7, 11) is 0. The van der Waals surface area contributed by atoms with Crippen LogP contribution in [-0.4, -0.2) is 23.4 Å². The molecule has 0 aliphatic carbocycles. The summed E-state index contributed by atoms with van der Waals surface area (Å²) in [6.45, 7) is 1.21. The number of nitrogens with zero attached hydrogens (tertiary/aromatic N) is 1. The molecule has 0 aromatic heterocycles. The van der Waals surface area contributed by atoms with E-state index in [0.717, 1.165) is 4.47 Å². The number of aryl methyl sites for hydroxylation is 1. The van der Waals surface area contributed by atoms with Crippen molar-refractivity contribution in [2.75, 3.05) is 11.9 Å². The van der Waals surface area contributed by atoms with Gasteiger partial charge in [-0.25, -0.2) is 4.79 Å². The monoisotopic (exact) mass is 392 g/mol. The van der Waals surface area contributed by atoms with Gasteiger partial charge in [-0.2, -0.15) is 0 Å². The molecule has 2 rings (SSSR count). The molecule has 1 amide bonds. The fourth-order valence-corrected chi connectivity index (χ4v) is 2.11. The van der Waals surface area contributed by atoms with Gasteiger partial charge >= 0.3 is 5.97 Å². The highest BCUT2D eigenvalue weighted by atomic mass is 79.9. The van der Waals surface area contributed by atoms with Gasteiger partial charge in [-0.05, 0) is 36.8 Å². The average Bonchev–Trinajstić information content (AvgIpc) is 2.55. The summed E-state index contributed by atoms with van der Waals surface area (Å²) in [6, 6.07) is 10.6. The quantitative estimate of drug-likeness (QED) is 0.477. The van der Waals surface area contributed by atoms with Crippen molar-refractivity contribution in [1.82, 2.24) is 0 Å². The number of amides is 1. The largest absolute Gasteiger partial charge is 0.452 e. The van der Waals surface area contributed by atoms with Gasteiger partial charge in [-0.3, -0.25) is 14.9 Å². The second-order valence-electron chi connectivity index (χ2n) is 4.89. The van der Waals surface area contributed by atoms with Crippen molar-refractivity contribution in [3.63, 3.8) is 0 Å². The van der Waals surface area contributed by atoms with E-state index in [1.165, 1.54) is 18.2 Å². The predicted molar refractivity (Wildman–Crippen MR) is 90.9 cm³/mol. The van der Waals surface area contributed by atoms with Gasteiger partial charge in [0, 0.05) is 16.6 Å². The van der Waals surface area contributed by atoms with E-state index in [-0.39, 0.29) is 5.69 Å². The molecule has 0 unspecified atom stereocenters. The van der Waals surface area contributed by atoms with Crippen LogP contribution in [0.4, 0.5) is 11.4 Å². The molecule has 7 nitrogen and oxygen atoms in total. The number of esters is 1. The molecule has 0 heterocycles.